The lowest BCUT2D eigenvalue weighted by Crippen LogP contribution is -2.46. The van der Waals surface area contributed by atoms with E-state index < -0.39 is 23.5 Å². The molecule has 1 atom stereocenters. The highest BCUT2D eigenvalue weighted by Crippen LogP contribution is 2.21. The summed E-state index contributed by atoms with van der Waals surface area (Å²) in [5, 5.41) is 15.8. The number of hydrogen-bond donors (Lipinski definition) is 2. The summed E-state index contributed by atoms with van der Waals surface area (Å²) < 4.78 is 6.17. The van der Waals surface area contributed by atoms with E-state index in [1.54, 1.807) is 51.3 Å². The van der Waals surface area contributed by atoms with Crippen LogP contribution >= 0.6 is 0 Å². The maximum absolute atomic E-state index is 12.1. The summed E-state index contributed by atoms with van der Waals surface area (Å²) in [5.41, 5.74) is 0.766. The Hall–Kier alpha value is -3.16. The second-order valence-electron chi connectivity index (χ2n) is 6.07. The predicted molar refractivity (Wildman–Crippen MR) is 94.9 cm³/mol. The monoisotopic (exact) mass is 359 g/mol. The highest BCUT2D eigenvalue weighted by molar-refractivity contribution is 5.83. The van der Waals surface area contributed by atoms with Gasteiger partial charge in [-0.2, -0.15) is 5.10 Å². The fraction of sp³-hybridized carbons (Fsp3) is 0.333. The third-order valence-corrected chi connectivity index (χ3v) is 3.77. The molecule has 0 bridgehead atoms. The largest absolute Gasteiger partial charge is 0.497 e. The van der Waals surface area contributed by atoms with Crippen LogP contribution in [0.4, 0.5) is 0 Å². The summed E-state index contributed by atoms with van der Waals surface area (Å²) in [4.78, 5) is 35.3. The highest BCUT2D eigenvalue weighted by atomic mass is 16.5. The van der Waals surface area contributed by atoms with E-state index in [2.05, 4.69) is 10.4 Å². The number of benzene rings is 1. The number of carboxylic acids is 1. The Labute approximate surface area is 150 Å². The molecule has 1 heterocycles. The van der Waals surface area contributed by atoms with Crippen molar-refractivity contribution in [3.05, 3.63) is 46.8 Å². The molecule has 0 radical (unpaired) electrons. The van der Waals surface area contributed by atoms with E-state index in [1.807, 2.05) is 0 Å². The lowest BCUT2D eigenvalue weighted by Gasteiger charge is -2.18. The fourth-order valence-electron chi connectivity index (χ4n) is 2.37. The molecule has 1 aromatic carbocycles. The van der Waals surface area contributed by atoms with Gasteiger partial charge in [0.15, 0.2) is 0 Å². The Kier molecular flexibility index (Phi) is 6.11. The third kappa shape index (κ3) is 4.69. The molecule has 0 aliphatic carbocycles. The Morgan fingerprint density at radius 2 is 2.00 bits per heavy atom. The number of ether oxygens (including phenoxy) is 1. The van der Waals surface area contributed by atoms with Crippen LogP contribution in [-0.2, 0) is 16.1 Å². The minimum atomic E-state index is -1.13. The number of carboxylic acid groups (broad SMARTS) is 1. The molecule has 0 aliphatic rings. The van der Waals surface area contributed by atoms with E-state index in [9.17, 15) is 14.4 Å². The predicted octanol–water partition coefficient (Wildman–Crippen LogP) is 1.14. The number of aromatic nitrogens is 2. The van der Waals surface area contributed by atoms with Crippen LogP contribution in [0.1, 0.15) is 13.8 Å². The van der Waals surface area contributed by atoms with Gasteiger partial charge in [0.25, 0.3) is 5.56 Å². The topological polar surface area (TPSA) is 111 Å². The van der Waals surface area contributed by atoms with E-state index in [-0.39, 0.29) is 12.5 Å². The molecule has 26 heavy (non-hydrogen) atoms. The first-order chi connectivity index (χ1) is 12.3. The number of carbonyl (C=O) groups is 2. The number of carbonyl (C=O) groups excluding carboxylic acids is 1. The smallest absolute Gasteiger partial charge is 0.326 e. The van der Waals surface area contributed by atoms with Crippen LogP contribution in [0.15, 0.2) is 41.2 Å². The lowest BCUT2D eigenvalue weighted by atomic mass is 10.1. The summed E-state index contributed by atoms with van der Waals surface area (Å²) in [6.45, 7) is 3.01. The molecule has 1 amide bonds. The van der Waals surface area contributed by atoms with Crippen LogP contribution in [0.2, 0.25) is 0 Å². The van der Waals surface area contributed by atoms with Gasteiger partial charge in [0.2, 0.25) is 5.91 Å². The minimum Gasteiger partial charge on any atom is -0.497 e. The minimum absolute atomic E-state index is 0.288. The molecule has 8 heteroatoms. The van der Waals surface area contributed by atoms with E-state index in [4.69, 9.17) is 9.84 Å². The molecular weight excluding hydrogens is 338 g/mol. The summed E-state index contributed by atoms with van der Waals surface area (Å²) in [7, 11) is 1.55. The number of aliphatic carboxylic acids is 1. The van der Waals surface area contributed by atoms with Crippen LogP contribution < -0.4 is 15.6 Å². The SMILES string of the molecule is COc1cccc(-c2ccc(=O)n(CC(=O)N[C@@H](C(=O)O)C(C)C)n2)c1. The second kappa shape index (κ2) is 8.28. The van der Waals surface area contributed by atoms with Crippen molar-refractivity contribution >= 4 is 11.9 Å². The Morgan fingerprint density at radius 3 is 2.62 bits per heavy atom. The average molecular weight is 359 g/mol. The Morgan fingerprint density at radius 1 is 1.27 bits per heavy atom. The van der Waals surface area contributed by atoms with E-state index in [0.29, 0.717) is 11.4 Å². The third-order valence-electron chi connectivity index (χ3n) is 3.77. The first kappa shape index (κ1) is 19.2. The van der Waals surface area contributed by atoms with Crippen molar-refractivity contribution in [3.63, 3.8) is 0 Å². The van der Waals surface area contributed by atoms with Crippen molar-refractivity contribution < 1.29 is 19.4 Å². The molecule has 0 unspecified atom stereocenters. The first-order valence-corrected chi connectivity index (χ1v) is 8.06. The maximum Gasteiger partial charge on any atom is 0.326 e. The second-order valence-corrected chi connectivity index (χ2v) is 6.07. The molecule has 138 valence electrons. The lowest BCUT2D eigenvalue weighted by molar-refractivity contribution is -0.143. The zero-order chi connectivity index (χ0) is 19.3. The van der Waals surface area contributed by atoms with Crippen LogP contribution in [0.25, 0.3) is 11.3 Å². The van der Waals surface area contributed by atoms with Gasteiger partial charge in [-0.05, 0) is 24.1 Å². The van der Waals surface area contributed by atoms with Gasteiger partial charge in [-0.3, -0.25) is 9.59 Å². The van der Waals surface area contributed by atoms with Crippen molar-refractivity contribution in [3.8, 4) is 17.0 Å². The zero-order valence-corrected chi connectivity index (χ0v) is 14.8. The van der Waals surface area contributed by atoms with Crippen LogP contribution in [0.5, 0.6) is 5.75 Å². The van der Waals surface area contributed by atoms with Gasteiger partial charge in [-0.15, -0.1) is 0 Å². The van der Waals surface area contributed by atoms with Crippen molar-refractivity contribution in [2.75, 3.05) is 7.11 Å². The van der Waals surface area contributed by atoms with Gasteiger partial charge in [-0.1, -0.05) is 26.0 Å². The normalized spacial score (nSPS) is 11.8. The van der Waals surface area contributed by atoms with E-state index in [0.717, 1.165) is 10.2 Å². The van der Waals surface area contributed by atoms with Gasteiger partial charge in [0.05, 0.1) is 12.8 Å². The van der Waals surface area contributed by atoms with Gasteiger partial charge in [0, 0.05) is 11.6 Å². The van der Waals surface area contributed by atoms with Crippen LogP contribution in [0.3, 0.4) is 0 Å². The zero-order valence-electron chi connectivity index (χ0n) is 14.8. The van der Waals surface area contributed by atoms with Crippen molar-refractivity contribution in [1.82, 2.24) is 15.1 Å². The molecule has 2 rings (SSSR count). The van der Waals surface area contributed by atoms with Crippen LogP contribution in [0, 0.1) is 5.92 Å². The van der Waals surface area contributed by atoms with Crippen LogP contribution in [-0.4, -0.2) is 39.9 Å². The average Bonchev–Trinajstić information content (AvgIpc) is 2.61. The molecule has 0 fully saturated rings. The quantitative estimate of drug-likeness (QED) is 0.767. The molecular formula is C18H21N3O5. The summed E-state index contributed by atoms with van der Waals surface area (Å²) in [5.74, 6) is -1.37. The first-order valence-electron chi connectivity index (χ1n) is 8.06. The number of nitrogens with one attached hydrogen (secondary N) is 1. The van der Waals surface area contributed by atoms with Gasteiger partial charge in [-0.25, -0.2) is 9.48 Å². The summed E-state index contributed by atoms with van der Waals surface area (Å²) in [6, 6.07) is 8.98. The summed E-state index contributed by atoms with van der Waals surface area (Å²) in [6.07, 6.45) is 0. The molecule has 0 saturated heterocycles. The van der Waals surface area contributed by atoms with Crippen molar-refractivity contribution in [2.24, 2.45) is 5.92 Å². The molecule has 2 aromatic rings. The molecule has 0 spiro atoms. The molecule has 8 nitrogen and oxygen atoms in total. The fourth-order valence-corrected chi connectivity index (χ4v) is 2.37. The molecule has 0 saturated carbocycles. The van der Waals surface area contributed by atoms with E-state index >= 15 is 0 Å². The van der Waals surface area contributed by atoms with Gasteiger partial charge >= 0.3 is 5.97 Å². The Balaban J connectivity index is 2.23. The number of nitrogens with zero attached hydrogens (tertiary/aromatic N) is 2. The van der Waals surface area contributed by atoms with Crippen molar-refractivity contribution in [1.29, 1.82) is 0 Å². The standard InChI is InChI=1S/C18H21N3O5/c1-11(2)17(18(24)25)19-15(22)10-21-16(23)8-7-14(20-21)12-5-4-6-13(9-12)26-3/h4-9,11,17H,10H2,1-3H3,(H,19,22)(H,24,25)/t17-/m1/s1. The number of hydrogen-bond acceptors (Lipinski definition) is 5. The number of amides is 1. The summed E-state index contributed by atoms with van der Waals surface area (Å²) >= 11 is 0. The molecule has 0 aliphatic heterocycles. The number of methoxy groups -OCH3 is 1. The van der Waals surface area contributed by atoms with Gasteiger partial charge in [0.1, 0.15) is 18.3 Å². The van der Waals surface area contributed by atoms with Gasteiger partial charge < -0.3 is 15.2 Å². The number of rotatable bonds is 7. The molecule has 2 N–H and O–H groups in total. The molecule has 1 aromatic heterocycles. The maximum atomic E-state index is 12.1. The van der Waals surface area contributed by atoms with E-state index in [1.165, 1.54) is 6.07 Å². The highest BCUT2D eigenvalue weighted by Gasteiger charge is 2.23. The van der Waals surface area contributed by atoms with Crippen molar-refractivity contribution in [2.45, 2.75) is 26.4 Å². The Bertz CT molecular complexity index is 860.